The average molecular weight is 411 g/mol. The van der Waals surface area contributed by atoms with Crippen LogP contribution in [-0.4, -0.2) is 51.4 Å². The van der Waals surface area contributed by atoms with E-state index in [1.54, 1.807) is 31.9 Å². The van der Waals surface area contributed by atoms with E-state index >= 15 is 0 Å². The molecule has 0 spiro atoms. The molecule has 0 unspecified atom stereocenters. The first-order valence-electron chi connectivity index (χ1n) is 9.68. The van der Waals surface area contributed by atoms with Gasteiger partial charge in [0, 0.05) is 19.6 Å². The molecule has 1 aromatic carbocycles. The molecule has 1 saturated carbocycles. The smallest absolute Gasteiger partial charge is 0.338 e. The van der Waals surface area contributed by atoms with Gasteiger partial charge in [0.25, 0.3) is 5.91 Å². The lowest BCUT2D eigenvalue weighted by molar-refractivity contribution is -0.136. The molecular formula is C20H30N2O5S. The number of ether oxygens (including phenoxy) is 1. The van der Waals surface area contributed by atoms with Crippen molar-refractivity contribution in [3.8, 4) is 0 Å². The fourth-order valence-electron chi connectivity index (χ4n) is 3.40. The fourth-order valence-corrected chi connectivity index (χ4v) is 4.47. The predicted octanol–water partition coefficient (Wildman–Crippen LogP) is 2.49. The number of carbonyl (C=O) groups excluding carboxylic acids is 2. The van der Waals surface area contributed by atoms with E-state index in [1.165, 1.54) is 12.1 Å². The van der Waals surface area contributed by atoms with E-state index in [9.17, 15) is 18.0 Å². The van der Waals surface area contributed by atoms with E-state index in [4.69, 9.17) is 4.74 Å². The number of sulfonamides is 1. The van der Waals surface area contributed by atoms with Crippen molar-refractivity contribution in [2.45, 2.75) is 57.4 Å². The summed E-state index contributed by atoms with van der Waals surface area (Å²) in [5.74, 6) is -0.265. The number of esters is 1. The van der Waals surface area contributed by atoms with Gasteiger partial charge in [-0.1, -0.05) is 19.9 Å². The zero-order valence-electron chi connectivity index (χ0n) is 17.0. The van der Waals surface area contributed by atoms with Crippen LogP contribution in [-0.2, 0) is 19.6 Å². The van der Waals surface area contributed by atoms with E-state index in [1.807, 2.05) is 0 Å². The van der Waals surface area contributed by atoms with Crippen LogP contribution in [0.1, 0.15) is 55.5 Å². The highest BCUT2D eigenvalue weighted by molar-refractivity contribution is 7.89. The van der Waals surface area contributed by atoms with Gasteiger partial charge in [-0.05, 0) is 56.2 Å². The van der Waals surface area contributed by atoms with Crippen molar-refractivity contribution in [2.75, 3.05) is 20.2 Å². The highest BCUT2D eigenvalue weighted by Crippen LogP contribution is 2.26. The Morgan fingerprint density at radius 2 is 1.86 bits per heavy atom. The monoisotopic (exact) mass is 410 g/mol. The Hall–Kier alpha value is -1.93. The normalized spacial score (nSPS) is 19.9. The Morgan fingerprint density at radius 3 is 2.46 bits per heavy atom. The number of benzene rings is 1. The van der Waals surface area contributed by atoms with Gasteiger partial charge in [0.05, 0.1) is 10.5 Å². The molecule has 0 atom stereocenters. The van der Waals surface area contributed by atoms with Crippen molar-refractivity contribution in [1.29, 1.82) is 0 Å². The minimum Gasteiger partial charge on any atom is -0.452 e. The van der Waals surface area contributed by atoms with Gasteiger partial charge in [0.1, 0.15) is 0 Å². The number of rotatable bonds is 7. The van der Waals surface area contributed by atoms with Crippen LogP contribution in [0.5, 0.6) is 0 Å². The number of hydrogen-bond acceptors (Lipinski definition) is 5. The van der Waals surface area contributed by atoms with E-state index in [-0.39, 0.29) is 35.6 Å². The third kappa shape index (κ3) is 5.54. The first kappa shape index (κ1) is 22.4. The number of carbonyl (C=O) groups is 2. The van der Waals surface area contributed by atoms with E-state index < -0.39 is 16.0 Å². The zero-order chi connectivity index (χ0) is 20.9. The Labute approximate surface area is 167 Å². The molecule has 1 amide bonds. The molecule has 0 aromatic heterocycles. The first-order chi connectivity index (χ1) is 13.2. The van der Waals surface area contributed by atoms with Gasteiger partial charge in [0.15, 0.2) is 6.61 Å². The summed E-state index contributed by atoms with van der Waals surface area (Å²) in [5, 5.41) is 0. The van der Waals surface area contributed by atoms with Gasteiger partial charge in [-0.25, -0.2) is 17.9 Å². The fraction of sp³-hybridized carbons (Fsp3) is 0.600. The van der Waals surface area contributed by atoms with Crippen LogP contribution >= 0.6 is 0 Å². The quantitative estimate of drug-likeness (QED) is 0.697. The molecule has 1 aliphatic rings. The molecule has 0 aliphatic heterocycles. The molecule has 0 saturated heterocycles. The molecule has 1 N–H and O–H groups in total. The summed E-state index contributed by atoms with van der Waals surface area (Å²) in [6, 6.07) is 4.45. The highest BCUT2D eigenvalue weighted by atomic mass is 32.2. The second kappa shape index (κ2) is 9.52. The number of amides is 1. The lowest BCUT2D eigenvalue weighted by atomic mass is 9.87. The van der Waals surface area contributed by atoms with Crippen LogP contribution in [0.25, 0.3) is 0 Å². The number of nitrogens with zero attached hydrogens (tertiary/aromatic N) is 1. The molecule has 28 heavy (non-hydrogen) atoms. The van der Waals surface area contributed by atoms with Gasteiger partial charge < -0.3 is 9.64 Å². The number of likely N-dealkylation sites (N-methyl/N-ethyl adjacent to an activating group) is 1. The van der Waals surface area contributed by atoms with Gasteiger partial charge in [-0.15, -0.1) is 0 Å². The molecule has 0 radical (unpaired) electrons. The second-order valence-corrected chi connectivity index (χ2v) is 9.24. The standard InChI is InChI=1S/C20H30N2O5S/c1-5-21-28(25,26)17-11-8-15(3)18(12-17)20(24)27-13-19(23)22(4)16-9-6-14(2)7-10-16/h8,11-12,14,16,21H,5-7,9-10,13H2,1-4H3. The largest absolute Gasteiger partial charge is 0.452 e. The molecule has 156 valence electrons. The van der Waals surface area contributed by atoms with Crippen LogP contribution in [0.4, 0.5) is 0 Å². The molecule has 1 fully saturated rings. The van der Waals surface area contributed by atoms with E-state index in [2.05, 4.69) is 11.6 Å². The van der Waals surface area contributed by atoms with Gasteiger partial charge in [-0.3, -0.25) is 4.79 Å². The van der Waals surface area contributed by atoms with Crippen molar-refractivity contribution < 1.29 is 22.7 Å². The summed E-state index contributed by atoms with van der Waals surface area (Å²) in [6.45, 7) is 5.47. The van der Waals surface area contributed by atoms with Gasteiger partial charge in [-0.2, -0.15) is 0 Å². The van der Waals surface area contributed by atoms with Crippen LogP contribution in [0.3, 0.4) is 0 Å². The summed E-state index contributed by atoms with van der Waals surface area (Å²) in [5.41, 5.74) is 0.725. The van der Waals surface area contributed by atoms with E-state index in [0.29, 0.717) is 11.5 Å². The summed E-state index contributed by atoms with van der Waals surface area (Å²) < 4.78 is 31.9. The lowest BCUT2D eigenvalue weighted by Gasteiger charge is -2.33. The van der Waals surface area contributed by atoms with Crippen molar-refractivity contribution in [2.24, 2.45) is 5.92 Å². The minimum absolute atomic E-state index is 0.00771. The molecule has 0 heterocycles. The van der Waals surface area contributed by atoms with Gasteiger partial charge in [0.2, 0.25) is 10.0 Å². The topological polar surface area (TPSA) is 92.8 Å². The summed E-state index contributed by atoms with van der Waals surface area (Å²) in [7, 11) is -1.94. The zero-order valence-corrected chi connectivity index (χ0v) is 17.8. The van der Waals surface area contributed by atoms with Crippen molar-refractivity contribution in [1.82, 2.24) is 9.62 Å². The van der Waals surface area contributed by atoms with Crippen LogP contribution < -0.4 is 4.72 Å². The maximum atomic E-state index is 12.4. The van der Waals surface area contributed by atoms with Crippen LogP contribution in [0.15, 0.2) is 23.1 Å². The molecular weight excluding hydrogens is 380 g/mol. The van der Waals surface area contributed by atoms with Crippen LogP contribution in [0.2, 0.25) is 0 Å². The van der Waals surface area contributed by atoms with Crippen molar-refractivity contribution in [3.05, 3.63) is 29.3 Å². The Bertz CT molecular complexity index is 814. The Balaban J connectivity index is 2.01. The third-order valence-corrected chi connectivity index (χ3v) is 6.87. The number of hydrogen-bond donors (Lipinski definition) is 1. The molecule has 0 bridgehead atoms. The third-order valence-electron chi connectivity index (χ3n) is 5.33. The molecule has 8 heteroatoms. The molecule has 1 aromatic rings. The maximum absolute atomic E-state index is 12.4. The van der Waals surface area contributed by atoms with Crippen molar-refractivity contribution in [3.63, 3.8) is 0 Å². The molecule has 1 aliphatic carbocycles. The Morgan fingerprint density at radius 1 is 1.21 bits per heavy atom. The maximum Gasteiger partial charge on any atom is 0.338 e. The Kier molecular flexibility index (Phi) is 7.60. The SMILES string of the molecule is CCNS(=O)(=O)c1ccc(C)c(C(=O)OCC(=O)N(C)C2CCC(C)CC2)c1. The first-order valence-corrected chi connectivity index (χ1v) is 11.2. The van der Waals surface area contributed by atoms with Crippen LogP contribution in [0, 0.1) is 12.8 Å². The average Bonchev–Trinajstić information content (AvgIpc) is 2.66. The minimum atomic E-state index is -3.68. The van der Waals surface area contributed by atoms with Gasteiger partial charge >= 0.3 is 5.97 Å². The summed E-state index contributed by atoms with van der Waals surface area (Å²) >= 11 is 0. The summed E-state index contributed by atoms with van der Waals surface area (Å²) in [6.07, 6.45) is 4.10. The lowest BCUT2D eigenvalue weighted by Crippen LogP contribution is -2.41. The van der Waals surface area contributed by atoms with E-state index in [0.717, 1.165) is 25.7 Å². The summed E-state index contributed by atoms with van der Waals surface area (Å²) in [4.78, 5) is 26.5. The molecule has 7 nitrogen and oxygen atoms in total. The highest BCUT2D eigenvalue weighted by Gasteiger charge is 2.26. The van der Waals surface area contributed by atoms with Crippen molar-refractivity contribution >= 4 is 21.9 Å². The second-order valence-electron chi connectivity index (χ2n) is 7.47. The number of nitrogens with one attached hydrogen (secondary N) is 1. The molecule has 2 rings (SSSR count). The number of aryl methyl sites for hydroxylation is 1. The predicted molar refractivity (Wildman–Crippen MR) is 107 cm³/mol.